The Morgan fingerprint density at radius 2 is 2.18 bits per heavy atom. The highest BCUT2D eigenvalue weighted by molar-refractivity contribution is 9.10. The van der Waals surface area contributed by atoms with Crippen molar-refractivity contribution < 1.29 is 17.9 Å². The Bertz CT molecular complexity index is 521. The first-order chi connectivity index (χ1) is 7.77. The maximum atomic E-state index is 13.1. The molecule has 0 fully saturated rings. The van der Waals surface area contributed by atoms with Gasteiger partial charge in [-0.15, -0.1) is 0 Å². The average molecular weight is 327 g/mol. The molecule has 1 rings (SSSR count). The van der Waals surface area contributed by atoms with Crippen molar-refractivity contribution >= 4 is 31.6 Å². The third-order valence-corrected chi connectivity index (χ3v) is 4.23. The summed E-state index contributed by atoms with van der Waals surface area (Å²) in [6.45, 7) is 1.15. The Hall–Kier alpha value is -0.700. The quantitative estimate of drug-likeness (QED) is 0.714. The van der Waals surface area contributed by atoms with E-state index in [9.17, 15) is 12.8 Å². The first-order valence-corrected chi connectivity index (χ1v) is 6.93. The predicted molar refractivity (Wildman–Crippen MR) is 65.4 cm³/mol. The highest BCUT2D eigenvalue weighted by atomic mass is 79.9. The standard InChI is InChI=1S/C9H12BrFN2O3S/c1-5(4-14)13-17(15,16)9-2-6(10)7(11)3-8(9)12/h2-3,5,13-14H,4,12H2,1H3/t5-/m0/s1. The largest absolute Gasteiger partial charge is 0.398 e. The third-order valence-electron chi connectivity index (χ3n) is 1.97. The fourth-order valence-corrected chi connectivity index (χ4v) is 3.01. The van der Waals surface area contributed by atoms with Crippen LogP contribution in [0.5, 0.6) is 0 Å². The second kappa shape index (κ2) is 5.30. The van der Waals surface area contributed by atoms with Crippen LogP contribution in [0.2, 0.25) is 0 Å². The number of nitrogens with two attached hydrogens (primary N) is 1. The number of sulfonamides is 1. The molecular formula is C9H12BrFN2O3S. The molecule has 0 aromatic heterocycles. The van der Waals surface area contributed by atoms with E-state index in [-0.39, 0.29) is 21.7 Å². The molecule has 0 saturated heterocycles. The summed E-state index contributed by atoms with van der Waals surface area (Å²) in [5.74, 6) is -0.642. The highest BCUT2D eigenvalue weighted by Gasteiger charge is 2.21. The van der Waals surface area contributed by atoms with Crippen molar-refractivity contribution in [1.82, 2.24) is 4.72 Å². The number of halogens is 2. The molecule has 0 aliphatic heterocycles. The van der Waals surface area contributed by atoms with E-state index in [1.165, 1.54) is 6.92 Å². The Morgan fingerprint density at radius 1 is 1.59 bits per heavy atom. The molecule has 8 heteroatoms. The monoisotopic (exact) mass is 326 g/mol. The van der Waals surface area contributed by atoms with E-state index in [4.69, 9.17) is 10.8 Å². The van der Waals surface area contributed by atoms with Gasteiger partial charge < -0.3 is 10.8 Å². The molecule has 0 saturated carbocycles. The van der Waals surface area contributed by atoms with Crippen LogP contribution in [0.1, 0.15) is 6.92 Å². The summed E-state index contributed by atoms with van der Waals surface area (Å²) in [5.41, 5.74) is 5.26. The van der Waals surface area contributed by atoms with Crippen molar-refractivity contribution in [3.8, 4) is 0 Å². The van der Waals surface area contributed by atoms with Gasteiger partial charge in [-0.05, 0) is 35.0 Å². The summed E-state index contributed by atoms with van der Waals surface area (Å²) in [5, 5.41) is 8.79. The molecule has 0 aliphatic rings. The van der Waals surface area contributed by atoms with Crippen LogP contribution in [0.25, 0.3) is 0 Å². The van der Waals surface area contributed by atoms with Gasteiger partial charge in [-0.25, -0.2) is 17.5 Å². The zero-order valence-corrected chi connectivity index (χ0v) is 11.3. The third kappa shape index (κ3) is 3.38. The minimum atomic E-state index is -3.87. The average Bonchev–Trinajstić information content (AvgIpc) is 2.22. The number of anilines is 1. The van der Waals surface area contributed by atoms with Crippen molar-refractivity contribution in [2.24, 2.45) is 0 Å². The molecule has 1 atom stereocenters. The van der Waals surface area contributed by atoms with Crippen LogP contribution in [-0.2, 0) is 10.0 Å². The van der Waals surface area contributed by atoms with Crippen LogP contribution in [0.15, 0.2) is 21.5 Å². The van der Waals surface area contributed by atoms with E-state index < -0.39 is 21.9 Å². The van der Waals surface area contributed by atoms with Gasteiger partial charge >= 0.3 is 0 Å². The van der Waals surface area contributed by atoms with E-state index >= 15 is 0 Å². The summed E-state index contributed by atoms with van der Waals surface area (Å²) in [6.07, 6.45) is 0. The first-order valence-electron chi connectivity index (χ1n) is 4.65. The fraction of sp³-hybridized carbons (Fsp3) is 0.333. The molecule has 4 N–H and O–H groups in total. The van der Waals surface area contributed by atoms with Gasteiger partial charge in [0.15, 0.2) is 0 Å². The van der Waals surface area contributed by atoms with Gasteiger partial charge in [0, 0.05) is 6.04 Å². The van der Waals surface area contributed by atoms with Crippen LogP contribution in [0.3, 0.4) is 0 Å². The lowest BCUT2D eigenvalue weighted by Gasteiger charge is -2.13. The summed E-state index contributed by atoms with van der Waals surface area (Å²) in [6, 6.07) is 1.35. The molecule has 1 aromatic carbocycles. The SMILES string of the molecule is C[C@@H](CO)NS(=O)(=O)c1cc(Br)c(F)cc1N. The molecule has 0 unspecified atom stereocenters. The Kier molecular flexibility index (Phi) is 4.48. The zero-order valence-electron chi connectivity index (χ0n) is 8.94. The smallest absolute Gasteiger partial charge is 0.242 e. The van der Waals surface area contributed by atoms with Gasteiger partial charge in [0.25, 0.3) is 0 Å². The van der Waals surface area contributed by atoms with E-state index in [0.717, 1.165) is 12.1 Å². The fourth-order valence-electron chi connectivity index (χ4n) is 1.14. The van der Waals surface area contributed by atoms with E-state index in [1.54, 1.807) is 0 Å². The summed E-state index contributed by atoms with van der Waals surface area (Å²) in [4.78, 5) is -0.230. The number of benzene rings is 1. The number of aliphatic hydroxyl groups is 1. The van der Waals surface area contributed by atoms with Gasteiger partial charge in [0.2, 0.25) is 10.0 Å². The molecule has 0 heterocycles. The second-order valence-electron chi connectivity index (χ2n) is 3.51. The van der Waals surface area contributed by atoms with Crippen molar-refractivity contribution in [2.75, 3.05) is 12.3 Å². The maximum Gasteiger partial charge on any atom is 0.242 e. The van der Waals surface area contributed by atoms with E-state index in [0.29, 0.717) is 0 Å². The van der Waals surface area contributed by atoms with Crippen molar-refractivity contribution in [3.63, 3.8) is 0 Å². The van der Waals surface area contributed by atoms with E-state index in [2.05, 4.69) is 20.7 Å². The van der Waals surface area contributed by atoms with Crippen LogP contribution in [0.4, 0.5) is 10.1 Å². The van der Waals surface area contributed by atoms with E-state index in [1.807, 2.05) is 0 Å². The molecular weight excluding hydrogens is 315 g/mol. The van der Waals surface area contributed by atoms with Gasteiger partial charge in [-0.3, -0.25) is 0 Å². The maximum absolute atomic E-state index is 13.1. The van der Waals surface area contributed by atoms with Crippen molar-refractivity contribution in [2.45, 2.75) is 17.9 Å². The Morgan fingerprint density at radius 3 is 2.71 bits per heavy atom. The molecule has 17 heavy (non-hydrogen) atoms. The lowest BCUT2D eigenvalue weighted by Crippen LogP contribution is -2.35. The van der Waals surface area contributed by atoms with Crippen LogP contribution >= 0.6 is 15.9 Å². The molecule has 0 bridgehead atoms. The number of rotatable bonds is 4. The Balaban J connectivity index is 3.20. The minimum absolute atomic E-state index is 0.00345. The second-order valence-corrected chi connectivity index (χ2v) is 6.05. The first kappa shape index (κ1) is 14.4. The van der Waals surface area contributed by atoms with Crippen LogP contribution in [0, 0.1) is 5.82 Å². The lowest BCUT2D eigenvalue weighted by atomic mass is 10.3. The summed E-state index contributed by atoms with van der Waals surface area (Å²) >= 11 is 2.88. The number of hydrogen-bond donors (Lipinski definition) is 3. The summed E-state index contributed by atoms with van der Waals surface area (Å²) < 4.78 is 39.0. The van der Waals surface area contributed by atoms with Crippen LogP contribution < -0.4 is 10.5 Å². The molecule has 0 aliphatic carbocycles. The zero-order chi connectivity index (χ0) is 13.2. The van der Waals surface area contributed by atoms with Gasteiger partial charge in [-0.2, -0.15) is 0 Å². The molecule has 96 valence electrons. The summed E-state index contributed by atoms with van der Waals surface area (Å²) in [7, 11) is -3.87. The topological polar surface area (TPSA) is 92.4 Å². The minimum Gasteiger partial charge on any atom is -0.398 e. The van der Waals surface area contributed by atoms with Gasteiger partial charge in [0.05, 0.1) is 16.8 Å². The number of aliphatic hydroxyl groups excluding tert-OH is 1. The predicted octanol–water partition coefficient (Wildman–Crippen LogP) is 0.830. The molecule has 1 aromatic rings. The van der Waals surface area contributed by atoms with Crippen molar-refractivity contribution in [3.05, 3.63) is 22.4 Å². The van der Waals surface area contributed by atoms with Gasteiger partial charge in [0.1, 0.15) is 10.7 Å². The molecule has 0 spiro atoms. The van der Waals surface area contributed by atoms with Gasteiger partial charge in [-0.1, -0.05) is 0 Å². The van der Waals surface area contributed by atoms with Crippen LogP contribution in [-0.4, -0.2) is 26.2 Å². The molecule has 0 radical (unpaired) electrons. The number of nitrogens with one attached hydrogen (secondary N) is 1. The van der Waals surface area contributed by atoms with Crippen molar-refractivity contribution in [1.29, 1.82) is 0 Å². The lowest BCUT2D eigenvalue weighted by molar-refractivity contribution is 0.265. The molecule has 5 nitrogen and oxygen atoms in total. The normalized spacial score (nSPS) is 13.6. The number of nitrogen functional groups attached to an aromatic ring is 1. The Labute approximate surface area is 107 Å². The highest BCUT2D eigenvalue weighted by Crippen LogP contribution is 2.26. The number of hydrogen-bond acceptors (Lipinski definition) is 4. The molecule has 0 amide bonds.